The number of anilines is 1. The van der Waals surface area contributed by atoms with Crippen LogP contribution in [-0.2, 0) is 22.6 Å². The second-order valence-electron chi connectivity index (χ2n) is 8.27. The quantitative estimate of drug-likeness (QED) is 0.605. The van der Waals surface area contributed by atoms with Crippen LogP contribution in [0.3, 0.4) is 0 Å². The van der Waals surface area contributed by atoms with Gasteiger partial charge in [0, 0.05) is 29.1 Å². The lowest BCUT2D eigenvalue weighted by atomic mass is 10.0. The molecule has 0 radical (unpaired) electrons. The number of furan rings is 1. The Hall–Kier alpha value is -3.08. The van der Waals surface area contributed by atoms with Gasteiger partial charge in [0.2, 0.25) is 11.8 Å². The normalized spacial score (nSPS) is 14.2. The molecule has 1 fully saturated rings. The lowest BCUT2D eigenvalue weighted by Crippen LogP contribution is -2.24. The van der Waals surface area contributed by atoms with Gasteiger partial charge in [-0.2, -0.15) is 0 Å². The molecule has 1 heterocycles. The molecule has 0 spiro atoms. The molecule has 5 nitrogen and oxygen atoms in total. The Bertz CT molecular complexity index is 1080. The van der Waals surface area contributed by atoms with Crippen molar-refractivity contribution in [3.63, 3.8) is 0 Å². The Labute approximate surface area is 176 Å². The molecule has 2 amide bonds. The Morgan fingerprint density at radius 1 is 1.10 bits per heavy atom. The maximum absolute atomic E-state index is 12.5. The van der Waals surface area contributed by atoms with Gasteiger partial charge in [-0.1, -0.05) is 37.1 Å². The van der Waals surface area contributed by atoms with E-state index in [-0.39, 0.29) is 24.2 Å². The minimum absolute atomic E-state index is 0.0590. The van der Waals surface area contributed by atoms with Gasteiger partial charge in [-0.3, -0.25) is 9.59 Å². The summed E-state index contributed by atoms with van der Waals surface area (Å²) in [6, 6.07) is 11.7. The van der Waals surface area contributed by atoms with Crippen molar-refractivity contribution in [2.24, 2.45) is 5.92 Å². The van der Waals surface area contributed by atoms with E-state index >= 15 is 0 Å². The third kappa shape index (κ3) is 4.40. The molecule has 1 aliphatic carbocycles. The van der Waals surface area contributed by atoms with Crippen LogP contribution in [0.15, 0.2) is 47.1 Å². The summed E-state index contributed by atoms with van der Waals surface area (Å²) >= 11 is 0. The zero-order chi connectivity index (χ0) is 21.1. The summed E-state index contributed by atoms with van der Waals surface area (Å²) in [4.78, 5) is 24.8. The average Bonchev–Trinajstić information content (AvgIpc) is 3.40. The second kappa shape index (κ2) is 8.74. The molecule has 156 valence electrons. The summed E-state index contributed by atoms with van der Waals surface area (Å²) in [5.41, 5.74) is 5.76. The predicted octanol–water partition coefficient (Wildman–Crippen LogP) is 5.04. The van der Waals surface area contributed by atoms with Crippen LogP contribution in [0.5, 0.6) is 0 Å². The number of carbonyl (C=O) groups is 2. The molecular formula is C25H28N2O3. The summed E-state index contributed by atoms with van der Waals surface area (Å²) in [7, 11) is 0. The van der Waals surface area contributed by atoms with Crippen LogP contribution in [0.4, 0.5) is 5.69 Å². The van der Waals surface area contributed by atoms with Crippen molar-refractivity contribution >= 4 is 28.5 Å². The van der Waals surface area contributed by atoms with Crippen molar-refractivity contribution in [2.45, 2.75) is 52.5 Å². The molecule has 0 saturated heterocycles. The van der Waals surface area contributed by atoms with E-state index in [0.29, 0.717) is 6.54 Å². The number of amides is 2. The van der Waals surface area contributed by atoms with Gasteiger partial charge in [-0.25, -0.2) is 0 Å². The van der Waals surface area contributed by atoms with E-state index in [0.717, 1.165) is 59.0 Å². The zero-order valence-corrected chi connectivity index (χ0v) is 17.6. The molecule has 4 rings (SSSR count). The highest BCUT2D eigenvalue weighted by Crippen LogP contribution is 2.27. The summed E-state index contributed by atoms with van der Waals surface area (Å²) < 4.78 is 5.70. The van der Waals surface area contributed by atoms with Gasteiger partial charge < -0.3 is 15.1 Å². The molecule has 0 bridgehead atoms. The molecule has 1 aromatic heterocycles. The molecule has 0 unspecified atom stereocenters. The number of benzene rings is 2. The highest BCUT2D eigenvalue weighted by molar-refractivity contribution is 5.93. The smallest absolute Gasteiger partial charge is 0.227 e. The fourth-order valence-corrected chi connectivity index (χ4v) is 4.15. The van der Waals surface area contributed by atoms with E-state index in [1.165, 1.54) is 5.56 Å². The number of nitrogens with one attached hydrogen (secondary N) is 2. The Kier molecular flexibility index (Phi) is 5.88. The van der Waals surface area contributed by atoms with Crippen LogP contribution in [0.25, 0.3) is 11.0 Å². The fourth-order valence-electron chi connectivity index (χ4n) is 4.15. The first-order valence-electron chi connectivity index (χ1n) is 10.6. The van der Waals surface area contributed by atoms with E-state index in [2.05, 4.69) is 16.7 Å². The minimum Gasteiger partial charge on any atom is -0.464 e. The lowest BCUT2D eigenvalue weighted by Gasteiger charge is -2.12. The number of aryl methyl sites for hydroxylation is 2. The Morgan fingerprint density at radius 2 is 1.90 bits per heavy atom. The van der Waals surface area contributed by atoms with Crippen molar-refractivity contribution in [1.82, 2.24) is 5.32 Å². The van der Waals surface area contributed by atoms with Crippen molar-refractivity contribution in [1.29, 1.82) is 0 Å². The lowest BCUT2D eigenvalue weighted by molar-refractivity contribution is -0.121. The van der Waals surface area contributed by atoms with Gasteiger partial charge >= 0.3 is 0 Å². The number of carbonyl (C=O) groups excluding carboxylic acids is 2. The summed E-state index contributed by atoms with van der Waals surface area (Å²) in [6.45, 7) is 4.50. The van der Waals surface area contributed by atoms with Crippen LogP contribution in [0.1, 0.15) is 47.9 Å². The minimum atomic E-state index is -0.0590. The molecule has 30 heavy (non-hydrogen) atoms. The third-order valence-electron chi connectivity index (χ3n) is 6.10. The van der Waals surface area contributed by atoms with Crippen LogP contribution in [0, 0.1) is 19.8 Å². The first kappa shape index (κ1) is 20.2. The number of rotatable bonds is 6. The van der Waals surface area contributed by atoms with Gasteiger partial charge in [0.15, 0.2) is 0 Å². The Morgan fingerprint density at radius 3 is 2.70 bits per heavy atom. The topological polar surface area (TPSA) is 71.3 Å². The summed E-state index contributed by atoms with van der Waals surface area (Å²) in [5, 5.41) is 6.98. The molecule has 2 N–H and O–H groups in total. The molecule has 1 saturated carbocycles. The standard InChI is InChI=1S/C25H28N2O3/c1-16-10-11-22-20(15-30-24(22)17(16)2)13-23(28)26-14-18-6-5-9-21(12-18)27-25(29)19-7-3-4-8-19/h5-6,9-12,15,19H,3-4,7-8,13-14H2,1-2H3,(H,26,28)(H,27,29). The van der Waals surface area contributed by atoms with Crippen LogP contribution in [-0.4, -0.2) is 11.8 Å². The third-order valence-corrected chi connectivity index (χ3v) is 6.10. The first-order valence-corrected chi connectivity index (χ1v) is 10.6. The van der Waals surface area contributed by atoms with Crippen LogP contribution < -0.4 is 10.6 Å². The first-order chi connectivity index (χ1) is 14.5. The number of hydrogen-bond donors (Lipinski definition) is 2. The maximum atomic E-state index is 12.5. The van der Waals surface area contributed by atoms with E-state index in [1.54, 1.807) is 6.26 Å². The van der Waals surface area contributed by atoms with Gasteiger partial charge in [0.05, 0.1) is 12.7 Å². The predicted molar refractivity (Wildman–Crippen MR) is 118 cm³/mol. The summed E-state index contributed by atoms with van der Waals surface area (Å²) in [6.07, 6.45) is 6.17. The Balaban J connectivity index is 1.35. The fraction of sp³-hybridized carbons (Fsp3) is 0.360. The van der Waals surface area contributed by atoms with E-state index in [9.17, 15) is 9.59 Å². The molecule has 2 aromatic carbocycles. The van der Waals surface area contributed by atoms with Crippen molar-refractivity contribution < 1.29 is 14.0 Å². The molecule has 1 aliphatic rings. The highest BCUT2D eigenvalue weighted by Gasteiger charge is 2.22. The molecule has 5 heteroatoms. The largest absolute Gasteiger partial charge is 0.464 e. The summed E-state index contributed by atoms with van der Waals surface area (Å²) in [5.74, 6) is 0.174. The van der Waals surface area contributed by atoms with Crippen LogP contribution in [0.2, 0.25) is 0 Å². The average molecular weight is 405 g/mol. The SMILES string of the molecule is Cc1ccc2c(CC(=O)NCc3cccc(NC(=O)C4CCCC4)c3)coc2c1C. The maximum Gasteiger partial charge on any atom is 0.227 e. The van der Waals surface area contributed by atoms with Gasteiger partial charge in [0.1, 0.15) is 5.58 Å². The van der Waals surface area contributed by atoms with Gasteiger partial charge in [-0.15, -0.1) is 0 Å². The van der Waals surface area contributed by atoms with Gasteiger partial charge in [-0.05, 0) is 55.5 Å². The van der Waals surface area contributed by atoms with E-state index in [1.807, 2.05) is 44.2 Å². The van der Waals surface area contributed by atoms with Crippen molar-refractivity contribution in [3.8, 4) is 0 Å². The van der Waals surface area contributed by atoms with Gasteiger partial charge in [0.25, 0.3) is 0 Å². The van der Waals surface area contributed by atoms with E-state index < -0.39 is 0 Å². The number of fused-ring (bicyclic) bond motifs is 1. The molecule has 0 atom stereocenters. The zero-order valence-electron chi connectivity index (χ0n) is 17.6. The molecule has 3 aromatic rings. The molecular weight excluding hydrogens is 376 g/mol. The van der Waals surface area contributed by atoms with E-state index in [4.69, 9.17) is 4.42 Å². The monoisotopic (exact) mass is 404 g/mol. The highest BCUT2D eigenvalue weighted by atomic mass is 16.3. The van der Waals surface area contributed by atoms with Crippen molar-refractivity contribution in [3.05, 3.63) is 64.9 Å². The van der Waals surface area contributed by atoms with Crippen LogP contribution >= 0.6 is 0 Å². The van der Waals surface area contributed by atoms with Crippen molar-refractivity contribution in [2.75, 3.05) is 5.32 Å². The second-order valence-corrected chi connectivity index (χ2v) is 8.27. The number of hydrogen-bond acceptors (Lipinski definition) is 3. The molecule has 0 aliphatic heterocycles.